The molecule has 0 unspecified atom stereocenters. The number of likely N-dealkylation sites (tertiary alicyclic amines) is 1. The van der Waals surface area contributed by atoms with Gasteiger partial charge in [0.05, 0.1) is 6.54 Å². The number of nitrogens with zero attached hydrogens (tertiary/aromatic N) is 2. The fraction of sp³-hybridized carbons (Fsp3) is 0.333. The third kappa shape index (κ3) is 12.1. The summed E-state index contributed by atoms with van der Waals surface area (Å²) >= 11 is 6.12. The van der Waals surface area contributed by atoms with Gasteiger partial charge in [-0.1, -0.05) is 72.3 Å². The van der Waals surface area contributed by atoms with E-state index in [1.165, 1.54) is 24.9 Å². The number of halogens is 1. The number of benzene rings is 3. The van der Waals surface area contributed by atoms with Crippen LogP contribution < -0.4 is 32.3 Å². The van der Waals surface area contributed by atoms with Gasteiger partial charge in [0.15, 0.2) is 0 Å². The van der Waals surface area contributed by atoms with Crippen LogP contribution in [0.2, 0.25) is 5.02 Å². The van der Waals surface area contributed by atoms with Crippen molar-refractivity contribution in [3.8, 4) is 0 Å². The normalized spacial score (nSPS) is 15.6. The molecule has 16 heteroatoms. The minimum absolute atomic E-state index is 0.000698. The van der Waals surface area contributed by atoms with Crippen LogP contribution in [0.25, 0.3) is 10.8 Å². The van der Waals surface area contributed by atoms with E-state index in [1.54, 1.807) is 42.5 Å². The number of rotatable bonds is 17. The molecule has 1 aliphatic rings. The summed E-state index contributed by atoms with van der Waals surface area (Å²) in [5.74, 6) is -4.28. The van der Waals surface area contributed by atoms with Gasteiger partial charge in [0.25, 0.3) is 0 Å². The first kappa shape index (κ1) is 42.8. The summed E-state index contributed by atoms with van der Waals surface area (Å²) in [5.41, 5.74) is 7.19. The summed E-state index contributed by atoms with van der Waals surface area (Å²) in [5, 5.41) is 15.8. The smallest absolute Gasteiger partial charge is 0.243 e. The molecule has 5 atom stereocenters. The summed E-state index contributed by atoms with van der Waals surface area (Å²) in [6.45, 7) is 2.52. The molecule has 7 amide bonds. The van der Waals surface area contributed by atoms with Gasteiger partial charge in [-0.3, -0.25) is 38.5 Å². The number of nitrogens with two attached hydrogens (primary N) is 1. The van der Waals surface area contributed by atoms with Crippen LogP contribution in [0.1, 0.15) is 43.5 Å². The van der Waals surface area contributed by atoms with Gasteiger partial charge in [0.2, 0.25) is 41.4 Å². The number of primary amides is 1. The molecule has 0 radical (unpaired) electrons. The molecule has 2 heterocycles. The molecular formula is C42H47ClN8O7. The van der Waals surface area contributed by atoms with Crippen LogP contribution in [-0.2, 0) is 52.8 Å². The molecule has 304 valence electrons. The molecule has 5 rings (SSSR count). The predicted octanol–water partition coefficient (Wildman–Crippen LogP) is 1.49. The summed E-state index contributed by atoms with van der Waals surface area (Å²) in [6, 6.07) is 20.0. The lowest BCUT2D eigenvalue weighted by Crippen LogP contribution is -2.58. The van der Waals surface area contributed by atoms with Crippen molar-refractivity contribution in [3.05, 3.63) is 113 Å². The Kier molecular flexibility index (Phi) is 14.9. The quantitative estimate of drug-likeness (QED) is 0.0915. The van der Waals surface area contributed by atoms with Crippen molar-refractivity contribution >= 4 is 63.7 Å². The van der Waals surface area contributed by atoms with Gasteiger partial charge in [-0.25, -0.2) is 0 Å². The second kappa shape index (κ2) is 20.2. The lowest BCUT2D eigenvalue weighted by molar-refractivity contribution is -0.139. The monoisotopic (exact) mass is 810 g/mol. The van der Waals surface area contributed by atoms with Crippen LogP contribution in [0.5, 0.6) is 0 Å². The van der Waals surface area contributed by atoms with Crippen LogP contribution in [0, 0.1) is 0 Å². The number of aromatic nitrogens is 1. The first-order chi connectivity index (χ1) is 27.8. The molecule has 0 bridgehead atoms. The summed E-state index contributed by atoms with van der Waals surface area (Å²) < 4.78 is 0. The van der Waals surface area contributed by atoms with Crippen molar-refractivity contribution in [3.63, 3.8) is 0 Å². The highest BCUT2D eigenvalue weighted by Crippen LogP contribution is 2.19. The standard InChI is InChI=1S/C42H47ClN8O7/c1-25(38(44)54)47-42(58)36-11-7-19-51(36)37(53)24-46-39(55)35(23-32-10-5-6-18-45-32)50-41(57)34(21-27-13-16-31(43)17-14-27)49-40(56)33(48-26(2)52)22-28-12-15-29-8-3-4-9-30(29)20-28/h3-6,8-10,12-18,20,25,33-36H,7,11,19,21-24H2,1-2H3,(H2,44,54)(H,46,55)(H,47,58)(H,48,52)(H,49,56)(H,50,57)/t25-,33-,34-,35-,36+/m1/s1. The predicted molar refractivity (Wildman–Crippen MR) is 217 cm³/mol. The maximum Gasteiger partial charge on any atom is 0.243 e. The Balaban J connectivity index is 1.34. The van der Waals surface area contributed by atoms with E-state index in [0.717, 1.165) is 16.3 Å². The van der Waals surface area contributed by atoms with E-state index >= 15 is 0 Å². The van der Waals surface area contributed by atoms with Crippen molar-refractivity contribution in [1.82, 2.24) is 36.5 Å². The molecule has 58 heavy (non-hydrogen) atoms. The van der Waals surface area contributed by atoms with Crippen LogP contribution in [0.15, 0.2) is 91.1 Å². The fourth-order valence-corrected chi connectivity index (χ4v) is 6.84. The molecule has 0 spiro atoms. The second-order valence-electron chi connectivity index (χ2n) is 14.2. The Morgan fingerprint density at radius 3 is 2.03 bits per heavy atom. The van der Waals surface area contributed by atoms with Crippen molar-refractivity contribution in [1.29, 1.82) is 0 Å². The number of hydrogen-bond acceptors (Lipinski definition) is 8. The average Bonchev–Trinajstić information content (AvgIpc) is 3.71. The third-order valence-electron chi connectivity index (χ3n) is 9.78. The number of fused-ring (bicyclic) bond motifs is 1. The van der Waals surface area contributed by atoms with Gasteiger partial charge in [0, 0.05) is 49.6 Å². The summed E-state index contributed by atoms with van der Waals surface area (Å²) in [6.07, 6.45) is 2.50. The van der Waals surface area contributed by atoms with E-state index in [0.29, 0.717) is 29.1 Å². The fourth-order valence-electron chi connectivity index (χ4n) is 6.71. The van der Waals surface area contributed by atoms with Crippen molar-refractivity contribution in [2.75, 3.05) is 13.1 Å². The number of pyridine rings is 1. The van der Waals surface area contributed by atoms with E-state index in [1.807, 2.05) is 42.5 Å². The van der Waals surface area contributed by atoms with Crippen LogP contribution in [0.4, 0.5) is 0 Å². The first-order valence-corrected chi connectivity index (χ1v) is 19.3. The molecule has 7 N–H and O–H groups in total. The maximum atomic E-state index is 14.2. The first-order valence-electron chi connectivity index (χ1n) is 18.9. The van der Waals surface area contributed by atoms with Crippen LogP contribution in [-0.4, -0.2) is 94.5 Å². The van der Waals surface area contributed by atoms with E-state index in [4.69, 9.17) is 17.3 Å². The zero-order chi connectivity index (χ0) is 41.8. The van der Waals surface area contributed by atoms with Gasteiger partial charge in [0.1, 0.15) is 30.2 Å². The highest BCUT2D eigenvalue weighted by atomic mass is 35.5. The Hall–Kier alpha value is -6.35. The number of nitrogens with one attached hydrogen (secondary N) is 5. The minimum Gasteiger partial charge on any atom is -0.368 e. The Morgan fingerprint density at radius 1 is 0.759 bits per heavy atom. The largest absolute Gasteiger partial charge is 0.368 e. The number of carbonyl (C=O) groups is 7. The van der Waals surface area contributed by atoms with Gasteiger partial charge < -0.3 is 37.2 Å². The highest BCUT2D eigenvalue weighted by molar-refractivity contribution is 6.30. The SMILES string of the molecule is CC(=O)N[C@H](Cc1ccc2ccccc2c1)C(=O)N[C@H](Cc1ccc(Cl)cc1)C(=O)N[C@H](Cc1ccccn1)C(=O)NCC(=O)N1CCC[C@H]1C(=O)N[C@H](C)C(N)=O. The Bertz CT molecular complexity index is 2140. The van der Waals surface area contributed by atoms with Crippen molar-refractivity contribution in [2.24, 2.45) is 5.73 Å². The van der Waals surface area contributed by atoms with E-state index in [-0.39, 0.29) is 25.8 Å². The third-order valence-corrected chi connectivity index (χ3v) is 10.0. The van der Waals surface area contributed by atoms with Crippen LogP contribution >= 0.6 is 11.6 Å². The highest BCUT2D eigenvalue weighted by Gasteiger charge is 2.36. The topological polar surface area (TPSA) is 222 Å². The number of carbonyl (C=O) groups excluding carboxylic acids is 7. The lowest BCUT2D eigenvalue weighted by Gasteiger charge is -2.27. The van der Waals surface area contributed by atoms with Gasteiger partial charge in [-0.15, -0.1) is 0 Å². The summed E-state index contributed by atoms with van der Waals surface area (Å²) in [4.78, 5) is 97.6. The second-order valence-corrected chi connectivity index (χ2v) is 14.6. The molecule has 0 aliphatic carbocycles. The molecule has 1 aromatic heterocycles. The Morgan fingerprint density at radius 2 is 1.38 bits per heavy atom. The van der Waals surface area contributed by atoms with E-state index in [9.17, 15) is 33.6 Å². The van der Waals surface area contributed by atoms with E-state index in [2.05, 4.69) is 31.6 Å². The molecule has 1 aliphatic heterocycles. The average molecular weight is 811 g/mol. The summed E-state index contributed by atoms with van der Waals surface area (Å²) in [7, 11) is 0. The van der Waals surface area contributed by atoms with Crippen molar-refractivity contribution < 1.29 is 33.6 Å². The number of hydrogen-bond donors (Lipinski definition) is 6. The van der Waals surface area contributed by atoms with Gasteiger partial charge in [-0.2, -0.15) is 0 Å². The zero-order valence-corrected chi connectivity index (χ0v) is 33.0. The lowest BCUT2D eigenvalue weighted by atomic mass is 10.00. The molecule has 4 aromatic rings. The molecular weight excluding hydrogens is 764 g/mol. The molecule has 1 fully saturated rings. The van der Waals surface area contributed by atoms with Gasteiger partial charge >= 0.3 is 0 Å². The van der Waals surface area contributed by atoms with Crippen molar-refractivity contribution in [2.45, 2.75) is 76.2 Å². The molecule has 0 saturated carbocycles. The number of amides is 7. The van der Waals surface area contributed by atoms with E-state index < -0.39 is 78.1 Å². The minimum atomic E-state index is -1.25. The molecule has 1 saturated heterocycles. The van der Waals surface area contributed by atoms with Gasteiger partial charge in [-0.05, 0) is 65.9 Å². The Labute approximate surface area is 340 Å². The zero-order valence-electron chi connectivity index (χ0n) is 32.2. The molecule has 15 nitrogen and oxygen atoms in total. The van der Waals surface area contributed by atoms with Crippen LogP contribution in [0.3, 0.4) is 0 Å². The molecule has 3 aromatic carbocycles. The maximum absolute atomic E-state index is 14.2.